The Morgan fingerprint density at radius 2 is 2.13 bits per heavy atom. The van der Waals surface area contributed by atoms with Gasteiger partial charge in [0.15, 0.2) is 0 Å². The Labute approximate surface area is 93.8 Å². The Hall–Kier alpha value is -0.120. The van der Waals surface area contributed by atoms with Crippen LogP contribution in [0.2, 0.25) is 0 Å². The van der Waals surface area contributed by atoms with Crippen LogP contribution in [0.15, 0.2) is 0 Å². The Morgan fingerprint density at radius 3 is 2.80 bits per heavy atom. The summed E-state index contributed by atoms with van der Waals surface area (Å²) in [6.45, 7) is 5.08. The van der Waals surface area contributed by atoms with E-state index < -0.39 is 0 Å². The third kappa shape index (κ3) is 3.16. The van der Waals surface area contributed by atoms with E-state index in [2.05, 4.69) is 29.2 Å². The highest BCUT2D eigenvalue weighted by molar-refractivity contribution is 4.83. The summed E-state index contributed by atoms with van der Waals surface area (Å²) < 4.78 is 0. The monoisotopic (exact) mass is 211 g/mol. The van der Waals surface area contributed by atoms with Crippen molar-refractivity contribution in [3.63, 3.8) is 0 Å². The second-order valence-electron chi connectivity index (χ2n) is 5.31. The van der Waals surface area contributed by atoms with Gasteiger partial charge in [0.05, 0.1) is 0 Å². The molecule has 0 amide bonds. The van der Waals surface area contributed by atoms with Gasteiger partial charge in [-0.05, 0) is 52.9 Å². The standard InChI is InChI=1S/C12H25N3/c1-14(2)12-6-4-8-15(10-12)9-11-5-3-7-13-11/h11-13H,3-10H2,1-2H3/t11-,12?/m1/s1. The normalized spacial score (nSPS) is 33.8. The molecular formula is C12H25N3. The average Bonchev–Trinajstić information content (AvgIpc) is 2.71. The van der Waals surface area contributed by atoms with Crippen LogP contribution in [0.5, 0.6) is 0 Å². The minimum Gasteiger partial charge on any atom is -0.313 e. The van der Waals surface area contributed by atoms with Crippen molar-refractivity contribution >= 4 is 0 Å². The fourth-order valence-electron chi connectivity index (χ4n) is 2.84. The molecule has 0 spiro atoms. The van der Waals surface area contributed by atoms with Crippen molar-refractivity contribution in [1.29, 1.82) is 0 Å². The highest BCUT2D eigenvalue weighted by Crippen LogP contribution is 2.15. The van der Waals surface area contributed by atoms with Crippen molar-refractivity contribution in [3.05, 3.63) is 0 Å². The van der Waals surface area contributed by atoms with Crippen LogP contribution in [0.25, 0.3) is 0 Å². The van der Waals surface area contributed by atoms with Crippen molar-refractivity contribution in [2.75, 3.05) is 40.3 Å². The van der Waals surface area contributed by atoms with Gasteiger partial charge in [-0.3, -0.25) is 0 Å². The van der Waals surface area contributed by atoms with Crippen LogP contribution in [0.1, 0.15) is 25.7 Å². The maximum Gasteiger partial charge on any atom is 0.0217 e. The molecule has 0 bridgehead atoms. The van der Waals surface area contributed by atoms with Crippen LogP contribution >= 0.6 is 0 Å². The molecule has 0 aromatic heterocycles. The zero-order valence-electron chi connectivity index (χ0n) is 10.2. The van der Waals surface area contributed by atoms with Crippen molar-refractivity contribution < 1.29 is 0 Å². The molecule has 2 heterocycles. The Morgan fingerprint density at radius 1 is 1.27 bits per heavy atom. The van der Waals surface area contributed by atoms with E-state index in [4.69, 9.17) is 0 Å². The summed E-state index contributed by atoms with van der Waals surface area (Å²) in [7, 11) is 4.42. The molecule has 0 aromatic carbocycles. The Bertz CT molecular complexity index is 185. The van der Waals surface area contributed by atoms with Crippen molar-refractivity contribution in [3.8, 4) is 0 Å². The van der Waals surface area contributed by atoms with E-state index in [-0.39, 0.29) is 0 Å². The summed E-state index contributed by atoms with van der Waals surface area (Å²) in [5, 5.41) is 3.59. The summed E-state index contributed by atoms with van der Waals surface area (Å²) in [5.41, 5.74) is 0. The first-order chi connectivity index (χ1) is 7.25. The van der Waals surface area contributed by atoms with Crippen LogP contribution in [0.4, 0.5) is 0 Å². The second kappa shape index (κ2) is 5.28. The summed E-state index contributed by atoms with van der Waals surface area (Å²) in [5.74, 6) is 0. The zero-order chi connectivity index (χ0) is 10.7. The van der Waals surface area contributed by atoms with Gasteiger partial charge in [-0.2, -0.15) is 0 Å². The number of rotatable bonds is 3. The summed E-state index contributed by atoms with van der Waals surface area (Å²) >= 11 is 0. The average molecular weight is 211 g/mol. The van der Waals surface area contributed by atoms with Crippen molar-refractivity contribution in [2.45, 2.75) is 37.8 Å². The largest absolute Gasteiger partial charge is 0.313 e. The lowest BCUT2D eigenvalue weighted by molar-refractivity contribution is 0.125. The van der Waals surface area contributed by atoms with E-state index in [1.165, 1.54) is 51.9 Å². The van der Waals surface area contributed by atoms with Gasteiger partial charge >= 0.3 is 0 Å². The molecule has 0 aromatic rings. The molecule has 3 nitrogen and oxygen atoms in total. The highest BCUT2D eigenvalue weighted by Gasteiger charge is 2.24. The minimum atomic E-state index is 0.769. The fourth-order valence-corrected chi connectivity index (χ4v) is 2.84. The van der Waals surface area contributed by atoms with Crippen LogP contribution in [0.3, 0.4) is 0 Å². The second-order valence-corrected chi connectivity index (χ2v) is 5.31. The molecular weight excluding hydrogens is 186 g/mol. The molecule has 2 rings (SSSR count). The van der Waals surface area contributed by atoms with E-state index in [0.29, 0.717) is 0 Å². The van der Waals surface area contributed by atoms with E-state index in [9.17, 15) is 0 Å². The lowest BCUT2D eigenvalue weighted by atomic mass is 10.0. The third-order valence-electron chi connectivity index (χ3n) is 3.85. The number of piperidine rings is 1. The molecule has 3 heteroatoms. The van der Waals surface area contributed by atoms with Crippen molar-refractivity contribution in [1.82, 2.24) is 15.1 Å². The Kier molecular flexibility index (Phi) is 4.00. The summed E-state index contributed by atoms with van der Waals surface area (Å²) in [6, 6.07) is 1.55. The van der Waals surface area contributed by atoms with Gasteiger partial charge in [0, 0.05) is 25.2 Å². The van der Waals surface area contributed by atoms with Crippen LogP contribution in [-0.4, -0.2) is 62.2 Å². The van der Waals surface area contributed by atoms with Gasteiger partial charge in [-0.25, -0.2) is 0 Å². The Balaban J connectivity index is 1.76. The fraction of sp³-hybridized carbons (Fsp3) is 1.00. The minimum absolute atomic E-state index is 0.769. The number of nitrogens with one attached hydrogen (secondary N) is 1. The molecule has 0 saturated carbocycles. The zero-order valence-corrected chi connectivity index (χ0v) is 10.2. The topological polar surface area (TPSA) is 18.5 Å². The third-order valence-corrected chi connectivity index (χ3v) is 3.85. The molecule has 2 saturated heterocycles. The molecule has 2 fully saturated rings. The predicted molar refractivity (Wildman–Crippen MR) is 64.2 cm³/mol. The lowest BCUT2D eigenvalue weighted by Crippen LogP contribution is -2.48. The maximum absolute atomic E-state index is 3.59. The van der Waals surface area contributed by atoms with E-state index in [1.54, 1.807) is 0 Å². The van der Waals surface area contributed by atoms with E-state index in [1.807, 2.05) is 0 Å². The van der Waals surface area contributed by atoms with Crippen molar-refractivity contribution in [2.24, 2.45) is 0 Å². The molecule has 0 radical (unpaired) electrons. The number of likely N-dealkylation sites (tertiary alicyclic amines) is 1. The summed E-state index contributed by atoms with van der Waals surface area (Å²) in [4.78, 5) is 5.03. The highest BCUT2D eigenvalue weighted by atomic mass is 15.2. The van der Waals surface area contributed by atoms with Gasteiger partial charge in [0.25, 0.3) is 0 Å². The number of hydrogen-bond donors (Lipinski definition) is 1. The first-order valence-corrected chi connectivity index (χ1v) is 6.38. The van der Waals surface area contributed by atoms with E-state index in [0.717, 1.165) is 12.1 Å². The molecule has 2 aliphatic rings. The van der Waals surface area contributed by atoms with Gasteiger partial charge in [0.2, 0.25) is 0 Å². The summed E-state index contributed by atoms with van der Waals surface area (Å²) in [6.07, 6.45) is 5.50. The van der Waals surface area contributed by atoms with Gasteiger partial charge in [0.1, 0.15) is 0 Å². The first kappa shape index (κ1) is 11.4. The first-order valence-electron chi connectivity index (χ1n) is 6.38. The number of likely N-dealkylation sites (N-methyl/N-ethyl adjacent to an activating group) is 1. The smallest absolute Gasteiger partial charge is 0.0217 e. The SMILES string of the molecule is CN(C)C1CCCN(C[C@H]2CCCN2)C1. The van der Waals surface area contributed by atoms with Crippen LogP contribution < -0.4 is 5.32 Å². The van der Waals surface area contributed by atoms with Gasteiger partial charge < -0.3 is 15.1 Å². The molecule has 15 heavy (non-hydrogen) atoms. The van der Waals surface area contributed by atoms with Crippen LogP contribution in [-0.2, 0) is 0 Å². The van der Waals surface area contributed by atoms with E-state index >= 15 is 0 Å². The number of nitrogens with zero attached hydrogens (tertiary/aromatic N) is 2. The quantitative estimate of drug-likeness (QED) is 0.744. The molecule has 1 N–H and O–H groups in total. The molecule has 0 aliphatic carbocycles. The molecule has 88 valence electrons. The van der Waals surface area contributed by atoms with Crippen LogP contribution in [0, 0.1) is 0 Å². The predicted octanol–water partition coefficient (Wildman–Crippen LogP) is 0.764. The molecule has 1 unspecified atom stereocenters. The lowest BCUT2D eigenvalue weighted by Gasteiger charge is -2.37. The molecule has 2 aliphatic heterocycles. The maximum atomic E-state index is 3.59. The van der Waals surface area contributed by atoms with Gasteiger partial charge in [-0.1, -0.05) is 0 Å². The van der Waals surface area contributed by atoms with Gasteiger partial charge in [-0.15, -0.1) is 0 Å². The number of hydrogen-bond acceptors (Lipinski definition) is 3. The molecule has 2 atom stereocenters.